The summed E-state index contributed by atoms with van der Waals surface area (Å²) in [5, 5.41) is 3.45. The zero-order valence-electron chi connectivity index (χ0n) is 11.3. The van der Waals surface area contributed by atoms with Crippen molar-refractivity contribution in [3.05, 3.63) is 65.2 Å². The van der Waals surface area contributed by atoms with Gasteiger partial charge in [0.15, 0.2) is 0 Å². The fourth-order valence-corrected chi connectivity index (χ4v) is 2.36. The molecule has 0 heterocycles. The molecule has 2 heteroatoms. The van der Waals surface area contributed by atoms with Gasteiger partial charge in [-0.15, -0.1) is 0 Å². The predicted octanol–water partition coefficient (Wildman–Crippen LogP) is 3.42. The van der Waals surface area contributed by atoms with Gasteiger partial charge in [-0.25, -0.2) is 0 Å². The third-order valence-electron chi connectivity index (χ3n) is 3.80. The lowest BCUT2D eigenvalue weighted by Gasteiger charge is -2.08. The maximum Gasteiger partial charge on any atom is 0.0400 e. The van der Waals surface area contributed by atoms with E-state index in [1.54, 1.807) is 0 Å². The molecule has 2 nitrogen and oxygen atoms in total. The number of hydrogen-bond acceptors (Lipinski definition) is 2. The maximum absolute atomic E-state index is 5.87. The molecule has 1 aliphatic carbocycles. The molecular formula is C17H20N2. The third kappa shape index (κ3) is 2.96. The van der Waals surface area contributed by atoms with Crippen LogP contribution in [0.1, 0.15) is 29.0 Å². The SMILES string of the molecule is Cc1ccc(CNc2ccc(C3CC3N)cc2)cc1. The van der Waals surface area contributed by atoms with Crippen LogP contribution in [0.4, 0.5) is 5.69 Å². The number of hydrogen-bond donors (Lipinski definition) is 2. The summed E-state index contributed by atoms with van der Waals surface area (Å²) in [7, 11) is 0. The van der Waals surface area contributed by atoms with E-state index in [2.05, 4.69) is 60.8 Å². The molecule has 2 unspecified atom stereocenters. The molecule has 19 heavy (non-hydrogen) atoms. The van der Waals surface area contributed by atoms with Gasteiger partial charge in [0.25, 0.3) is 0 Å². The van der Waals surface area contributed by atoms with E-state index in [1.807, 2.05) is 0 Å². The molecule has 0 radical (unpaired) electrons. The highest BCUT2D eigenvalue weighted by molar-refractivity contribution is 5.46. The van der Waals surface area contributed by atoms with E-state index >= 15 is 0 Å². The summed E-state index contributed by atoms with van der Waals surface area (Å²) in [6.07, 6.45) is 1.14. The van der Waals surface area contributed by atoms with E-state index < -0.39 is 0 Å². The summed E-state index contributed by atoms with van der Waals surface area (Å²) in [5.74, 6) is 0.589. The summed E-state index contributed by atoms with van der Waals surface area (Å²) >= 11 is 0. The zero-order valence-corrected chi connectivity index (χ0v) is 11.3. The smallest absolute Gasteiger partial charge is 0.0400 e. The van der Waals surface area contributed by atoms with E-state index in [-0.39, 0.29) is 0 Å². The van der Waals surface area contributed by atoms with Crippen molar-refractivity contribution in [1.29, 1.82) is 0 Å². The fraction of sp³-hybridized carbons (Fsp3) is 0.294. The van der Waals surface area contributed by atoms with Gasteiger partial charge in [0.1, 0.15) is 0 Å². The number of nitrogens with two attached hydrogens (primary N) is 1. The molecule has 2 aromatic rings. The number of nitrogens with one attached hydrogen (secondary N) is 1. The molecule has 0 aromatic heterocycles. The molecule has 2 atom stereocenters. The maximum atomic E-state index is 5.87. The zero-order chi connectivity index (χ0) is 13.2. The van der Waals surface area contributed by atoms with Crippen LogP contribution in [0.3, 0.4) is 0 Å². The van der Waals surface area contributed by atoms with Crippen LogP contribution in [-0.2, 0) is 6.54 Å². The molecule has 98 valence electrons. The fourth-order valence-electron chi connectivity index (χ4n) is 2.36. The Bertz CT molecular complexity index is 542. The highest BCUT2D eigenvalue weighted by Crippen LogP contribution is 2.39. The molecule has 1 fully saturated rings. The Labute approximate surface area is 114 Å². The van der Waals surface area contributed by atoms with Gasteiger partial charge in [-0.2, -0.15) is 0 Å². The molecule has 0 saturated heterocycles. The second kappa shape index (κ2) is 5.06. The first-order chi connectivity index (χ1) is 9.22. The second-order valence-corrected chi connectivity index (χ2v) is 5.47. The van der Waals surface area contributed by atoms with Crippen LogP contribution in [0.25, 0.3) is 0 Å². The van der Waals surface area contributed by atoms with E-state index in [0.717, 1.165) is 13.0 Å². The molecule has 0 spiro atoms. The van der Waals surface area contributed by atoms with Gasteiger partial charge in [0.2, 0.25) is 0 Å². The van der Waals surface area contributed by atoms with Crippen molar-refractivity contribution in [2.24, 2.45) is 5.73 Å². The quantitative estimate of drug-likeness (QED) is 0.875. The first-order valence-electron chi connectivity index (χ1n) is 6.87. The topological polar surface area (TPSA) is 38.0 Å². The first-order valence-corrected chi connectivity index (χ1v) is 6.87. The number of anilines is 1. The van der Waals surface area contributed by atoms with E-state index in [1.165, 1.54) is 22.4 Å². The van der Waals surface area contributed by atoms with Crippen LogP contribution < -0.4 is 11.1 Å². The summed E-state index contributed by atoms with van der Waals surface area (Å²) in [6.45, 7) is 2.97. The lowest BCUT2D eigenvalue weighted by molar-refractivity contribution is 0.990. The number of rotatable bonds is 4. The van der Waals surface area contributed by atoms with Crippen LogP contribution in [0, 0.1) is 6.92 Å². The molecule has 1 saturated carbocycles. The van der Waals surface area contributed by atoms with E-state index in [0.29, 0.717) is 12.0 Å². The largest absolute Gasteiger partial charge is 0.381 e. The molecule has 3 rings (SSSR count). The van der Waals surface area contributed by atoms with Crippen molar-refractivity contribution < 1.29 is 0 Å². The van der Waals surface area contributed by atoms with Crippen molar-refractivity contribution in [3.8, 4) is 0 Å². The van der Waals surface area contributed by atoms with Gasteiger partial charge < -0.3 is 11.1 Å². The van der Waals surface area contributed by atoms with Crippen molar-refractivity contribution in [2.75, 3.05) is 5.32 Å². The van der Waals surface area contributed by atoms with Gasteiger partial charge in [-0.1, -0.05) is 42.0 Å². The molecule has 2 aromatic carbocycles. The molecule has 3 N–H and O–H groups in total. The Morgan fingerprint density at radius 1 is 1.05 bits per heavy atom. The van der Waals surface area contributed by atoms with Crippen molar-refractivity contribution in [3.63, 3.8) is 0 Å². The van der Waals surface area contributed by atoms with Gasteiger partial charge >= 0.3 is 0 Å². The minimum atomic E-state index is 0.381. The third-order valence-corrected chi connectivity index (χ3v) is 3.80. The Balaban J connectivity index is 1.59. The monoisotopic (exact) mass is 252 g/mol. The van der Waals surface area contributed by atoms with Crippen molar-refractivity contribution >= 4 is 5.69 Å². The lowest BCUT2D eigenvalue weighted by Crippen LogP contribution is -2.01. The van der Waals surface area contributed by atoms with Crippen LogP contribution in [0.5, 0.6) is 0 Å². The normalized spacial score (nSPS) is 21.2. The molecule has 0 aliphatic heterocycles. The average Bonchev–Trinajstić information content (AvgIpc) is 3.16. The standard InChI is InChI=1S/C17H20N2/c1-12-2-4-13(5-3-12)11-19-15-8-6-14(7-9-15)16-10-17(16)18/h2-9,16-17,19H,10-11,18H2,1H3. The summed E-state index contributed by atoms with van der Waals surface area (Å²) in [6, 6.07) is 17.7. The Morgan fingerprint density at radius 3 is 2.26 bits per heavy atom. The highest BCUT2D eigenvalue weighted by atomic mass is 14.9. The van der Waals surface area contributed by atoms with Gasteiger partial charge in [0, 0.05) is 24.2 Å². The first kappa shape index (κ1) is 12.2. The van der Waals surface area contributed by atoms with Crippen LogP contribution >= 0.6 is 0 Å². The highest BCUT2D eigenvalue weighted by Gasteiger charge is 2.34. The minimum absolute atomic E-state index is 0.381. The van der Waals surface area contributed by atoms with Gasteiger partial charge in [-0.05, 0) is 36.6 Å². The van der Waals surface area contributed by atoms with Crippen LogP contribution in [0.15, 0.2) is 48.5 Å². The Kier molecular flexibility index (Phi) is 3.26. The van der Waals surface area contributed by atoms with Gasteiger partial charge in [-0.3, -0.25) is 0 Å². The predicted molar refractivity (Wildman–Crippen MR) is 80.3 cm³/mol. The van der Waals surface area contributed by atoms with Crippen LogP contribution in [-0.4, -0.2) is 6.04 Å². The number of benzene rings is 2. The lowest BCUT2D eigenvalue weighted by atomic mass is 10.1. The molecular weight excluding hydrogens is 232 g/mol. The summed E-state index contributed by atoms with van der Waals surface area (Å²) in [5.41, 5.74) is 11.0. The summed E-state index contributed by atoms with van der Waals surface area (Å²) in [4.78, 5) is 0. The van der Waals surface area contributed by atoms with Crippen molar-refractivity contribution in [1.82, 2.24) is 0 Å². The molecule has 0 amide bonds. The molecule has 0 bridgehead atoms. The van der Waals surface area contributed by atoms with Crippen molar-refractivity contribution in [2.45, 2.75) is 31.8 Å². The van der Waals surface area contributed by atoms with E-state index in [9.17, 15) is 0 Å². The number of aryl methyl sites for hydroxylation is 1. The van der Waals surface area contributed by atoms with E-state index in [4.69, 9.17) is 5.73 Å². The average molecular weight is 252 g/mol. The molecule has 1 aliphatic rings. The van der Waals surface area contributed by atoms with Crippen LogP contribution in [0.2, 0.25) is 0 Å². The summed E-state index contributed by atoms with van der Waals surface area (Å²) < 4.78 is 0. The Morgan fingerprint density at radius 2 is 1.68 bits per heavy atom. The second-order valence-electron chi connectivity index (χ2n) is 5.47. The van der Waals surface area contributed by atoms with Gasteiger partial charge in [0.05, 0.1) is 0 Å². The minimum Gasteiger partial charge on any atom is -0.381 e. The Hall–Kier alpha value is -1.80.